The van der Waals surface area contributed by atoms with Crippen LogP contribution in [-0.4, -0.2) is 20.9 Å². The van der Waals surface area contributed by atoms with Gasteiger partial charge in [0.2, 0.25) is 0 Å². The van der Waals surface area contributed by atoms with Crippen LogP contribution >= 0.6 is 0 Å². The second kappa shape index (κ2) is 16.5. The summed E-state index contributed by atoms with van der Waals surface area (Å²) in [5.41, 5.74) is 16.2. The minimum absolute atomic E-state index is 0.0238. The number of nitrogens with zero attached hydrogens (tertiary/aromatic N) is 2. The van der Waals surface area contributed by atoms with Crippen LogP contribution in [0.3, 0.4) is 0 Å². The van der Waals surface area contributed by atoms with Crippen molar-refractivity contribution in [2.45, 2.75) is 19.8 Å². The number of aliphatic hydroxyl groups excluding tert-OH is 1. The quantitative estimate of drug-likeness (QED) is 0.107. The maximum absolute atomic E-state index is 12.7. The SMILES string of the molecule is CC(O)=CC(=O)CCc1ccccc1-c1cc(-c2ccccc2-c2ccc(-c3ccccn3)cc2)cc(-c2ccccc2-c2ccc(-c3ccccn3)cc2)c1. The lowest BCUT2D eigenvalue weighted by Gasteiger charge is -2.18. The van der Waals surface area contributed by atoms with E-state index in [1.165, 1.54) is 13.0 Å². The molecule has 8 aromatic rings. The number of aryl methyl sites for hydroxylation is 1. The van der Waals surface area contributed by atoms with E-state index in [0.29, 0.717) is 12.8 Å². The first-order valence-electron chi connectivity index (χ1n) is 18.9. The van der Waals surface area contributed by atoms with Gasteiger partial charge in [0.25, 0.3) is 0 Å². The van der Waals surface area contributed by atoms with Gasteiger partial charge in [-0.3, -0.25) is 14.8 Å². The summed E-state index contributed by atoms with van der Waals surface area (Å²) in [7, 11) is 0. The molecule has 0 bridgehead atoms. The molecule has 0 unspecified atom stereocenters. The maximum Gasteiger partial charge on any atom is 0.159 e. The van der Waals surface area contributed by atoms with Crippen LogP contribution in [0.25, 0.3) is 78.1 Å². The van der Waals surface area contributed by atoms with Gasteiger partial charge >= 0.3 is 0 Å². The van der Waals surface area contributed by atoms with Crippen molar-refractivity contribution >= 4 is 5.78 Å². The summed E-state index contributed by atoms with van der Waals surface area (Å²) < 4.78 is 0. The number of allylic oxidation sites excluding steroid dienone is 2. The summed E-state index contributed by atoms with van der Waals surface area (Å²) in [6, 6.07) is 61.5. The molecular formula is C52H40N2O2. The van der Waals surface area contributed by atoms with Crippen LogP contribution in [0.2, 0.25) is 0 Å². The molecule has 8 rings (SSSR count). The van der Waals surface area contributed by atoms with Crippen LogP contribution in [0.1, 0.15) is 18.9 Å². The Kier molecular flexibility index (Phi) is 10.5. The molecule has 56 heavy (non-hydrogen) atoms. The maximum atomic E-state index is 12.7. The average Bonchev–Trinajstić information content (AvgIpc) is 3.26. The number of carbonyl (C=O) groups excluding carboxylic acids is 1. The molecule has 0 aliphatic heterocycles. The van der Waals surface area contributed by atoms with E-state index in [2.05, 4.69) is 143 Å². The van der Waals surface area contributed by atoms with Crippen LogP contribution in [0, 0.1) is 0 Å². The third-order valence-corrected chi connectivity index (χ3v) is 10.1. The largest absolute Gasteiger partial charge is 0.512 e. The monoisotopic (exact) mass is 724 g/mol. The van der Waals surface area contributed by atoms with Gasteiger partial charge in [-0.1, -0.05) is 133 Å². The van der Waals surface area contributed by atoms with Crippen LogP contribution in [0.5, 0.6) is 0 Å². The van der Waals surface area contributed by atoms with Crippen LogP contribution in [0.4, 0.5) is 0 Å². The second-order valence-electron chi connectivity index (χ2n) is 13.9. The first kappa shape index (κ1) is 35.8. The number of pyridine rings is 2. The van der Waals surface area contributed by atoms with Gasteiger partial charge in [0.05, 0.1) is 17.1 Å². The van der Waals surface area contributed by atoms with Crippen molar-refractivity contribution in [1.82, 2.24) is 9.97 Å². The Hall–Kier alpha value is -7.17. The number of aromatic nitrogens is 2. The molecule has 0 atom stereocenters. The summed E-state index contributed by atoms with van der Waals surface area (Å²) >= 11 is 0. The van der Waals surface area contributed by atoms with E-state index >= 15 is 0 Å². The van der Waals surface area contributed by atoms with E-state index in [1.807, 2.05) is 54.9 Å². The Morgan fingerprint density at radius 3 is 1.27 bits per heavy atom. The molecule has 4 nitrogen and oxygen atoms in total. The highest BCUT2D eigenvalue weighted by molar-refractivity contribution is 5.93. The average molecular weight is 725 g/mol. The lowest BCUT2D eigenvalue weighted by molar-refractivity contribution is -0.114. The minimum Gasteiger partial charge on any atom is -0.512 e. The molecule has 270 valence electrons. The number of hydrogen-bond donors (Lipinski definition) is 1. The molecule has 0 radical (unpaired) electrons. The summed E-state index contributed by atoms with van der Waals surface area (Å²) in [6.45, 7) is 1.53. The molecule has 1 N–H and O–H groups in total. The Labute approximate surface area is 328 Å². The summed E-state index contributed by atoms with van der Waals surface area (Å²) in [5.74, 6) is -0.0732. The Bertz CT molecular complexity index is 2500. The van der Waals surface area contributed by atoms with Gasteiger partial charge < -0.3 is 5.11 Å². The molecule has 0 aliphatic rings. The Balaban J connectivity index is 1.26. The standard InChI is InChI=1S/C52H40N2O2/c1-36(55)32-45(56)29-28-37-12-2-3-13-46(37)42-33-43(49-16-6-4-14-47(49)38-20-24-40(25-21-38)51-18-8-10-30-53-51)35-44(34-42)50-17-7-5-15-48(50)39-22-26-41(27-23-39)52-19-9-11-31-54-52/h2-27,30-35,55H,28-29H2,1H3. The molecule has 6 aromatic carbocycles. The molecule has 0 aliphatic carbocycles. The first-order chi connectivity index (χ1) is 27.5. The molecule has 0 saturated carbocycles. The molecule has 2 aromatic heterocycles. The van der Waals surface area contributed by atoms with Gasteiger partial charge in [0.15, 0.2) is 5.78 Å². The van der Waals surface area contributed by atoms with Crippen molar-refractivity contribution in [1.29, 1.82) is 0 Å². The van der Waals surface area contributed by atoms with Gasteiger partial charge in [0, 0.05) is 36.0 Å². The topological polar surface area (TPSA) is 63.1 Å². The molecule has 2 heterocycles. The Morgan fingerprint density at radius 1 is 0.464 bits per heavy atom. The van der Waals surface area contributed by atoms with E-state index in [1.54, 1.807) is 0 Å². The second-order valence-corrected chi connectivity index (χ2v) is 13.9. The predicted molar refractivity (Wildman–Crippen MR) is 230 cm³/mol. The third kappa shape index (κ3) is 8.01. The van der Waals surface area contributed by atoms with Gasteiger partial charge in [-0.15, -0.1) is 0 Å². The number of carbonyl (C=O) groups is 1. The highest BCUT2D eigenvalue weighted by atomic mass is 16.3. The lowest BCUT2D eigenvalue weighted by Crippen LogP contribution is -1.99. The van der Waals surface area contributed by atoms with Crippen molar-refractivity contribution in [3.63, 3.8) is 0 Å². The highest BCUT2D eigenvalue weighted by Crippen LogP contribution is 2.41. The van der Waals surface area contributed by atoms with Crippen LogP contribution in [0.15, 0.2) is 200 Å². The van der Waals surface area contributed by atoms with Crippen molar-refractivity contribution < 1.29 is 9.90 Å². The van der Waals surface area contributed by atoms with E-state index in [0.717, 1.165) is 83.7 Å². The predicted octanol–water partition coefficient (Wildman–Crippen LogP) is 13.1. The molecule has 0 spiro atoms. The fourth-order valence-corrected chi connectivity index (χ4v) is 7.36. The van der Waals surface area contributed by atoms with Crippen LogP contribution in [-0.2, 0) is 11.2 Å². The first-order valence-corrected chi connectivity index (χ1v) is 18.9. The zero-order chi connectivity index (χ0) is 38.3. The fourth-order valence-electron chi connectivity index (χ4n) is 7.36. The lowest BCUT2D eigenvalue weighted by atomic mass is 9.86. The van der Waals surface area contributed by atoms with Crippen molar-refractivity contribution in [2.24, 2.45) is 0 Å². The van der Waals surface area contributed by atoms with E-state index in [4.69, 9.17) is 0 Å². The number of ketones is 1. The summed E-state index contributed by atoms with van der Waals surface area (Å²) in [5, 5.41) is 9.71. The van der Waals surface area contributed by atoms with Crippen molar-refractivity contribution in [3.05, 3.63) is 206 Å². The molecule has 4 heteroatoms. The van der Waals surface area contributed by atoms with Gasteiger partial charge in [-0.25, -0.2) is 0 Å². The zero-order valence-electron chi connectivity index (χ0n) is 31.1. The zero-order valence-corrected chi connectivity index (χ0v) is 31.1. The third-order valence-electron chi connectivity index (χ3n) is 10.1. The summed E-state index contributed by atoms with van der Waals surface area (Å²) in [4.78, 5) is 21.8. The number of hydrogen-bond acceptors (Lipinski definition) is 4. The van der Waals surface area contributed by atoms with Crippen molar-refractivity contribution in [3.8, 4) is 78.1 Å². The minimum atomic E-state index is -0.0970. The van der Waals surface area contributed by atoms with Crippen LogP contribution < -0.4 is 0 Å². The molecule has 0 fully saturated rings. The smallest absolute Gasteiger partial charge is 0.159 e. The van der Waals surface area contributed by atoms with Gasteiger partial charge in [-0.05, 0) is 117 Å². The molecular weight excluding hydrogens is 685 g/mol. The van der Waals surface area contributed by atoms with Gasteiger partial charge in [-0.2, -0.15) is 0 Å². The number of rotatable bonds is 11. The summed E-state index contributed by atoms with van der Waals surface area (Å²) in [6.07, 6.45) is 5.80. The fraction of sp³-hybridized carbons (Fsp3) is 0.0577. The number of benzene rings is 6. The normalized spacial score (nSPS) is 11.3. The highest BCUT2D eigenvalue weighted by Gasteiger charge is 2.16. The Morgan fingerprint density at radius 2 is 0.839 bits per heavy atom. The molecule has 0 amide bonds. The van der Waals surface area contributed by atoms with E-state index < -0.39 is 0 Å². The van der Waals surface area contributed by atoms with Gasteiger partial charge in [0.1, 0.15) is 0 Å². The van der Waals surface area contributed by atoms with E-state index in [-0.39, 0.29) is 11.5 Å². The van der Waals surface area contributed by atoms with Crippen molar-refractivity contribution in [2.75, 3.05) is 0 Å². The molecule has 0 saturated heterocycles. The van der Waals surface area contributed by atoms with E-state index in [9.17, 15) is 9.90 Å². The number of aliphatic hydroxyl groups is 1.